The van der Waals surface area contributed by atoms with Gasteiger partial charge in [-0.1, -0.05) is 12.1 Å². The summed E-state index contributed by atoms with van der Waals surface area (Å²) in [5, 5.41) is 7.13. The van der Waals surface area contributed by atoms with Gasteiger partial charge in [0.2, 0.25) is 5.89 Å². The van der Waals surface area contributed by atoms with Gasteiger partial charge in [-0.3, -0.25) is 4.79 Å². The fraction of sp³-hybridized carbons (Fsp3) is 0.769. The Morgan fingerprint density at radius 1 is 1.37 bits per heavy atom. The zero-order valence-corrected chi connectivity index (χ0v) is 11.3. The molecular formula is C13H20N4O2. The highest BCUT2D eigenvalue weighted by molar-refractivity contribution is 5.90. The topological polar surface area (TPSA) is 71.3 Å². The molecule has 104 valence electrons. The quantitative estimate of drug-likeness (QED) is 0.873. The van der Waals surface area contributed by atoms with E-state index in [1.165, 1.54) is 0 Å². The molecule has 0 spiro atoms. The first kappa shape index (κ1) is 12.6. The largest absolute Gasteiger partial charge is 0.337 e. The van der Waals surface area contributed by atoms with Gasteiger partial charge in [0.25, 0.3) is 11.7 Å². The average molecular weight is 264 g/mol. The zero-order valence-electron chi connectivity index (χ0n) is 11.3. The summed E-state index contributed by atoms with van der Waals surface area (Å²) in [6.07, 6.45) is 4.22. The lowest BCUT2D eigenvalue weighted by Crippen LogP contribution is -2.38. The number of hydrogen-bond acceptors (Lipinski definition) is 5. The first-order chi connectivity index (χ1) is 9.24. The molecule has 2 fully saturated rings. The van der Waals surface area contributed by atoms with Crippen LogP contribution in [0.1, 0.15) is 55.2 Å². The van der Waals surface area contributed by atoms with Crippen LogP contribution in [0.25, 0.3) is 0 Å². The molecular weight excluding hydrogens is 244 g/mol. The normalized spacial score (nSPS) is 24.9. The Kier molecular flexibility index (Phi) is 3.50. The zero-order chi connectivity index (χ0) is 13.2. The monoisotopic (exact) mass is 264 g/mol. The Morgan fingerprint density at radius 3 is 2.84 bits per heavy atom. The number of rotatable bonds is 2. The summed E-state index contributed by atoms with van der Waals surface area (Å²) < 4.78 is 5.21. The molecule has 0 aromatic carbocycles. The minimum Gasteiger partial charge on any atom is -0.337 e. The summed E-state index contributed by atoms with van der Waals surface area (Å²) in [5.41, 5.74) is 0. The summed E-state index contributed by atoms with van der Waals surface area (Å²) in [6.45, 7) is 4.79. The Hall–Kier alpha value is -1.43. The molecule has 1 amide bonds. The number of likely N-dealkylation sites (tertiary alicyclic amines) is 1. The number of amides is 1. The van der Waals surface area contributed by atoms with Crippen molar-refractivity contribution < 1.29 is 9.32 Å². The number of carbonyl (C=O) groups excluding carboxylic acids is 1. The van der Waals surface area contributed by atoms with E-state index in [1.807, 2.05) is 4.90 Å². The van der Waals surface area contributed by atoms with Gasteiger partial charge in [-0.25, -0.2) is 0 Å². The lowest BCUT2D eigenvalue weighted by Gasteiger charge is -2.29. The molecule has 1 atom stereocenters. The smallest absolute Gasteiger partial charge is 0.295 e. The van der Waals surface area contributed by atoms with Gasteiger partial charge in [0.05, 0.1) is 6.04 Å². The molecule has 2 aliphatic heterocycles. The molecule has 0 bridgehead atoms. The average Bonchev–Trinajstić information content (AvgIpc) is 3.10. The summed E-state index contributed by atoms with van der Waals surface area (Å²) in [6, 6.07) is 0.121. The van der Waals surface area contributed by atoms with Crippen molar-refractivity contribution in [1.82, 2.24) is 20.4 Å². The van der Waals surface area contributed by atoms with Gasteiger partial charge < -0.3 is 14.7 Å². The fourth-order valence-corrected chi connectivity index (χ4v) is 2.71. The predicted octanol–water partition coefficient (Wildman–Crippen LogP) is 1.37. The first-order valence-electron chi connectivity index (χ1n) is 7.10. The molecule has 3 heterocycles. The van der Waals surface area contributed by atoms with E-state index in [1.54, 1.807) is 0 Å². The van der Waals surface area contributed by atoms with Gasteiger partial charge in [-0.2, -0.15) is 4.98 Å². The molecule has 1 unspecified atom stereocenters. The van der Waals surface area contributed by atoms with Crippen LogP contribution in [0.3, 0.4) is 0 Å². The lowest BCUT2D eigenvalue weighted by molar-refractivity contribution is 0.0681. The van der Waals surface area contributed by atoms with Gasteiger partial charge in [-0.15, -0.1) is 0 Å². The molecule has 3 rings (SSSR count). The Labute approximate surface area is 112 Å². The first-order valence-corrected chi connectivity index (χ1v) is 7.10. The third-order valence-corrected chi connectivity index (χ3v) is 4.06. The van der Waals surface area contributed by atoms with Crippen LogP contribution in [0.4, 0.5) is 0 Å². The summed E-state index contributed by atoms with van der Waals surface area (Å²) >= 11 is 0. The van der Waals surface area contributed by atoms with Crippen molar-refractivity contribution in [2.75, 3.05) is 19.6 Å². The van der Waals surface area contributed by atoms with E-state index >= 15 is 0 Å². The van der Waals surface area contributed by atoms with Crippen LogP contribution < -0.4 is 5.32 Å². The Bertz CT molecular complexity index is 445. The SMILES string of the molecule is CC1CCN(C(=O)c2noc(C3CCCN3)n2)CC1. The molecule has 6 nitrogen and oxygen atoms in total. The molecule has 19 heavy (non-hydrogen) atoms. The highest BCUT2D eigenvalue weighted by Crippen LogP contribution is 2.22. The number of piperidine rings is 1. The molecule has 1 N–H and O–H groups in total. The van der Waals surface area contributed by atoms with Gasteiger partial charge in [0, 0.05) is 13.1 Å². The van der Waals surface area contributed by atoms with E-state index in [-0.39, 0.29) is 17.8 Å². The molecule has 0 radical (unpaired) electrons. The van der Waals surface area contributed by atoms with Crippen molar-refractivity contribution in [1.29, 1.82) is 0 Å². The van der Waals surface area contributed by atoms with Crippen molar-refractivity contribution in [3.8, 4) is 0 Å². The molecule has 0 saturated carbocycles. The van der Waals surface area contributed by atoms with E-state index in [2.05, 4.69) is 22.4 Å². The molecule has 2 aliphatic rings. The van der Waals surface area contributed by atoms with Crippen molar-refractivity contribution in [2.24, 2.45) is 5.92 Å². The number of carbonyl (C=O) groups is 1. The maximum absolute atomic E-state index is 12.3. The van der Waals surface area contributed by atoms with Gasteiger partial charge in [0.15, 0.2) is 0 Å². The Morgan fingerprint density at radius 2 is 2.16 bits per heavy atom. The molecule has 1 aromatic heterocycles. The second kappa shape index (κ2) is 5.28. The Balaban J connectivity index is 1.66. The van der Waals surface area contributed by atoms with Crippen molar-refractivity contribution in [2.45, 2.75) is 38.6 Å². The molecule has 2 saturated heterocycles. The second-order valence-corrected chi connectivity index (χ2v) is 5.58. The molecule has 0 aliphatic carbocycles. The van der Waals surface area contributed by atoms with E-state index in [4.69, 9.17) is 4.52 Å². The van der Waals surface area contributed by atoms with Gasteiger partial charge in [-0.05, 0) is 38.1 Å². The summed E-state index contributed by atoms with van der Waals surface area (Å²) in [5.74, 6) is 1.36. The number of nitrogens with one attached hydrogen (secondary N) is 1. The van der Waals surface area contributed by atoms with Crippen molar-refractivity contribution in [3.05, 3.63) is 11.7 Å². The number of hydrogen-bond donors (Lipinski definition) is 1. The molecule has 6 heteroatoms. The third kappa shape index (κ3) is 2.63. The van der Waals surface area contributed by atoms with Crippen LogP contribution in [-0.2, 0) is 0 Å². The van der Waals surface area contributed by atoms with E-state index < -0.39 is 0 Å². The fourth-order valence-electron chi connectivity index (χ4n) is 2.71. The van der Waals surface area contributed by atoms with E-state index in [0.717, 1.165) is 45.3 Å². The van der Waals surface area contributed by atoms with Crippen LogP contribution in [0.2, 0.25) is 0 Å². The van der Waals surface area contributed by atoms with Crippen molar-refractivity contribution in [3.63, 3.8) is 0 Å². The van der Waals surface area contributed by atoms with E-state index in [9.17, 15) is 4.79 Å². The summed E-state index contributed by atoms with van der Waals surface area (Å²) in [7, 11) is 0. The van der Waals surface area contributed by atoms with E-state index in [0.29, 0.717) is 11.8 Å². The minimum atomic E-state index is -0.0973. The van der Waals surface area contributed by atoms with Crippen LogP contribution in [0, 0.1) is 5.92 Å². The maximum Gasteiger partial charge on any atom is 0.295 e. The standard InChI is InChI=1S/C13H20N4O2/c1-9-4-7-17(8-5-9)13(18)11-15-12(19-16-11)10-3-2-6-14-10/h9-10,14H,2-8H2,1H3. The highest BCUT2D eigenvalue weighted by Gasteiger charge is 2.28. The van der Waals surface area contributed by atoms with Crippen LogP contribution >= 0.6 is 0 Å². The molecule has 1 aromatic rings. The van der Waals surface area contributed by atoms with Crippen molar-refractivity contribution >= 4 is 5.91 Å². The predicted molar refractivity (Wildman–Crippen MR) is 68.6 cm³/mol. The third-order valence-electron chi connectivity index (χ3n) is 4.06. The van der Waals surface area contributed by atoms with Crippen LogP contribution in [0.15, 0.2) is 4.52 Å². The highest BCUT2D eigenvalue weighted by atomic mass is 16.5. The number of aromatic nitrogens is 2. The second-order valence-electron chi connectivity index (χ2n) is 5.58. The van der Waals surface area contributed by atoms with Crippen LogP contribution in [-0.4, -0.2) is 40.6 Å². The van der Waals surface area contributed by atoms with Crippen LogP contribution in [0.5, 0.6) is 0 Å². The maximum atomic E-state index is 12.3. The summed E-state index contributed by atoms with van der Waals surface area (Å²) in [4.78, 5) is 18.3. The van der Waals surface area contributed by atoms with Gasteiger partial charge in [0.1, 0.15) is 0 Å². The van der Waals surface area contributed by atoms with Gasteiger partial charge >= 0.3 is 0 Å². The number of nitrogens with zero attached hydrogens (tertiary/aromatic N) is 3. The lowest BCUT2D eigenvalue weighted by atomic mass is 9.99. The minimum absolute atomic E-state index is 0.0973.